The van der Waals surface area contributed by atoms with Crippen LogP contribution >= 0.6 is 12.4 Å². The summed E-state index contributed by atoms with van der Waals surface area (Å²) in [5, 5.41) is 8.84. The molecule has 1 aliphatic heterocycles. The van der Waals surface area contributed by atoms with E-state index in [1.54, 1.807) is 6.07 Å². The number of likely N-dealkylation sites (tertiary alicyclic amines) is 1. The molecule has 1 N–H and O–H groups in total. The van der Waals surface area contributed by atoms with Crippen LogP contribution in [0.5, 0.6) is 0 Å². The van der Waals surface area contributed by atoms with Gasteiger partial charge in [0.2, 0.25) is 0 Å². The minimum Gasteiger partial charge on any atom is -0.333 e. The summed E-state index contributed by atoms with van der Waals surface area (Å²) in [6.07, 6.45) is 2.00. The first-order valence-corrected chi connectivity index (χ1v) is 8.98. The Morgan fingerprint density at radius 3 is 2.65 bits per heavy atom. The summed E-state index contributed by atoms with van der Waals surface area (Å²) in [5.41, 5.74) is 0.257. The lowest BCUT2D eigenvalue weighted by Crippen LogP contribution is -2.42. The van der Waals surface area contributed by atoms with Crippen LogP contribution in [0.3, 0.4) is 0 Å². The molecule has 7 heteroatoms. The third-order valence-electron chi connectivity index (χ3n) is 4.69. The molecule has 1 amide bonds. The molecule has 0 bridgehead atoms. The van der Waals surface area contributed by atoms with E-state index >= 15 is 0 Å². The summed E-state index contributed by atoms with van der Waals surface area (Å²) >= 11 is 0. The minimum absolute atomic E-state index is 0. The van der Waals surface area contributed by atoms with Gasteiger partial charge in [-0.25, -0.2) is 4.68 Å². The van der Waals surface area contributed by atoms with E-state index in [2.05, 4.69) is 10.4 Å². The lowest BCUT2D eigenvalue weighted by Gasteiger charge is -2.25. The highest BCUT2D eigenvalue weighted by Crippen LogP contribution is 2.22. The van der Waals surface area contributed by atoms with Crippen molar-refractivity contribution in [3.05, 3.63) is 40.3 Å². The monoisotopic (exact) mass is 378 g/mol. The Balaban J connectivity index is 0.00000243. The fraction of sp³-hybridized carbons (Fsp3) is 0.526. The summed E-state index contributed by atoms with van der Waals surface area (Å²) in [5.74, 6) is 0.199. The van der Waals surface area contributed by atoms with Crippen LogP contribution in [-0.4, -0.2) is 46.8 Å². The third-order valence-corrected chi connectivity index (χ3v) is 4.69. The molecule has 0 radical (unpaired) electrons. The van der Waals surface area contributed by atoms with Crippen LogP contribution in [0.25, 0.3) is 10.8 Å². The number of hydrogen-bond acceptors (Lipinski definition) is 4. The van der Waals surface area contributed by atoms with Gasteiger partial charge in [0.15, 0.2) is 5.69 Å². The Labute approximate surface area is 160 Å². The molecule has 1 aliphatic rings. The normalized spacial score (nSPS) is 16.9. The van der Waals surface area contributed by atoms with Gasteiger partial charge in [-0.2, -0.15) is 5.10 Å². The van der Waals surface area contributed by atoms with Gasteiger partial charge < -0.3 is 10.2 Å². The molecular formula is C19H27ClN4O2. The van der Waals surface area contributed by atoms with Crippen LogP contribution in [0.2, 0.25) is 0 Å². The van der Waals surface area contributed by atoms with Crippen LogP contribution in [0.4, 0.5) is 0 Å². The SMILES string of the molecule is CNCC1CCCN1C(=O)c1nn(CC(C)C)c(=O)c2ccccc12.Cl. The molecule has 6 nitrogen and oxygen atoms in total. The number of halogens is 1. The van der Waals surface area contributed by atoms with Crippen molar-refractivity contribution in [2.24, 2.45) is 5.92 Å². The molecule has 142 valence electrons. The van der Waals surface area contributed by atoms with E-state index in [0.29, 0.717) is 23.0 Å². The van der Waals surface area contributed by atoms with Gasteiger partial charge in [0.05, 0.1) is 5.39 Å². The summed E-state index contributed by atoms with van der Waals surface area (Å²) in [6.45, 7) is 6.09. The van der Waals surface area contributed by atoms with Crippen molar-refractivity contribution in [3.63, 3.8) is 0 Å². The molecule has 3 rings (SSSR count). The lowest BCUT2D eigenvalue weighted by atomic mass is 10.1. The minimum atomic E-state index is -0.131. The second-order valence-electron chi connectivity index (χ2n) is 7.13. The number of fused-ring (bicyclic) bond motifs is 1. The number of nitrogens with zero attached hydrogens (tertiary/aromatic N) is 3. The van der Waals surface area contributed by atoms with Crippen molar-refractivity contribution in [1.29, 1.82) is 0 Å². The Kier molecular flexibility index (Phi) is 6.78. The Morgan fingerprint density at radius 1 is 1.31 bits per heavy atom. The second-order valence-corrected chi connectivity index (χ2v) is 7.13. The summed E-state index contributed by atoms with van der Waals surface area (Å²) in [6, 6.07) is 7.46. The molecule has 1 aromatic heterocycles. The molecular weight excluding hydrogens is 352 g/mol. The first-order valence-electron chi connectivity index (χ1n) is 8.98. The maximum atomic E-state index is 13.2. The lowest BCUT2D eigenvalue weighted by molar-refractivity contribution is 0.0730. The van der Waals surface area contributed by atoms with E-state index in [1.165, 1.54) is 4.68 Å². The highest BCUT2D eigenvalue weighted by Gasteiger charge is 2.31. The number of aromatic nitrogens is 2. The first-order chi connectivity index (χ1) is 12.0. The van der Waals surface area contributed by atoms with E-state index in [4.69, 9.17) is 0 Å². The number of amides is 1. The second kappa shape index (κ2) is 8.64. The van der Waals surface area contributed by atoms with Gasteiger partial charge in [-0.3, -0.25) is 9.59 Å². The fourth-order valence-corrected chi connectivity index (χ4v) is 3.55. The predicted molar refractivity (Wildman–Crippen MR) is 106 cm³/mol. The molecule has 1 unspecified atom stereocenters. The predicted octanol–water partition coefficient (Wildman–Crippen LogP) is 2.30. The van der Waals surface area contributed by atoms with Gasteiger partial charge in [0, 0.05) is 31.1 Å². The molecule has 1 atom stereocenters. The third kappa shape index (κ3) is 3.91. The molecule has 0 spiro atoms. The number of rotatable bonds is 5. The van der Waals surface area contributed by atoms with E-state index in [-0.39, 0.29) is 35.8 Å². The zero-order valence-electron chi connectivity index (χ0n) is 15.6. The molecule has 26 heavy (non-hydrogen) atoms. The van der Waals surface area contributed by atoms with Gasteiger partial charge in [-0.15, -0.1) is 12.4 Å². The van der Waals surface area contributed by atoms with Gasteiger partial charge >= 0.3 is 0 Å². The van der Waals surface area contributed by atoms with E-state index in [0.717, 1.165) is 25.9 Å². The summed E-state index contributed by atoms with van der Waals surface area (Å²) in [7, 11) is 1.90. The van der Waals surface area contributed by atoms with Crippen LogP contribution in [0.15, 0.2) is 29.1 Å². The van der Waals surface area contributed by atoms with Crippen molar-refractivity contribution in [2.45, 2.75) is 39.3 Å². The van der Waals surface area contributed by atoms with Gasteiger partial charge in [0.1, 0.15) is 0 Å². The molecule has 2 aromatic rings. The number of likely N-dealkylation sites (N-methyl/N-ethyl adjacent to an activating group) is 1. The van der Waals surface area contributed by atoms with E-state index in [1.807, 2.05) is 44.0 Å². The zero-order valence-corrected chi connectivity index (χ0v) is 16.4. The number of hydrogen-bond donors (Lipinski definition) is 1. The highest BCUT2D eigenvalue weighted by atomic mass is 35.5. The molecule has 1 saturated heterocycles. The van der Waals surface area contributed by atoms with Crippen LogP contribution in [0, 0.1) is 5.92 Å². The Morgan fingerprint density at radius 2 is 2.00 bits per heavy atom. The quantitative estimate of drug-likeness (QED) is 0.866. The first kappa shape index (κ1) is 20.4. The summed E-state index contributed by atoms with van der Waals surface area (Å²) < 4.78 is 1.45. The summed E-state index contributed by atoms with van der Waals surface area (Å²) in [4.78, 5) is 27.8. The number of nitrogens with one attached hydrogen (secondary N) is 1. The fourth-order valence-electron chi connectivity index (χ4n) is 3.55. The Bertz CT molecular complexity index is 834. The van der Waals surface area contributed by atoms with E-state index < -0.39 is 0 Å². The topological polar surface area (TPSA) is 67.2 Å². The van der Waals surface area contributed by atoms with Crippen molar-refractivity contribution < 1.29 is 4.79 Å². The number of carbonyl (C=O) groups is 1. The van der Waals surface area contributed by atoms with Crippen LogP contribution in [-0.2, 0) is 6.54 Å². The number of benzene rings is 1. The van der Waals surface area contributed by atoms with Crippen molar-refractivity contribution in [1.82, 2.24) is 20.0 Å². The van der Waals surface area contributed by atoms with Gasteiger partial charge in [-0.1, -0.05) is 32.0 Å². The van der Waals surface area contributed by atoms with Gasteiger partial charge in [0.25, 0.3) is 11.5 Å². The van der Waals surface area contributed by atoms with Crippen molar-refractivity contribution >= 4 is 29.1 Å². The highest BCUT2D eigenvalue weighted by molar-refractivity contribution is 6.05. The van der Waals surface area contributed by atoms with Crippen molar-refractivity contribution in [2.75, 3.05) is 20.1 Å². The maximum Gasteiger partial charge on any atom is 0.275 e. The zero-order chi connectivity index (χ0) is 18.0. The number of carbonyl (C=O) groups excluding carboxylic acids is 1. The Hall–Kier alpha value is -1.92. The van der Waals surface area contributed by atoms with Crippen LogP contribution in [0.1, 0.15) is 37.2 Å². The van der Waals surface area contributed by atoms with Gasteiger partial charge in [-0.05, 0) is 31.9 Å². The maximum absolute atomic E-state index is 13.2. The molecule has 2 heterocycles. The average molecular weight is 379 g/mol. The molecule has 0 saturated carbocycles. The smallest absolute Gasteiger partial charge is 0.275 e. The van der Waals surface area contributed by atoms with Crippen LogP contribution < -0.4 is 10.9 Å². The standard InChI is InChI=1S/C19H26N4O2.ClH/c1-13(2)12-23-18(24)16-9-5-4-8-15(16)17(21-23)19(25)22-10-6-7-14(22)11-20-3;/h4-5,8-9,13-14,20H,6-7,10-12H2,1-3H3;1H. The van der Waals surface area contributed by atoms with E-state index in [9.17, 15) is 9.59 Å². The van der Waals surface area contributed by atoms with Crippen molar-refractivity contribution in [3.8, 4) is 0 Å². The largest absolute Gasteiger partial charge is 0.333 e. The average Bonchev–Trinajstić information content (AvgIpc) is 3.05. The molecule has 1 aromatic carbocycles. The molecule has 1 fully saturated rings. The molecule has 0 aliphatic carbocycles.